The number of fused-ring (bicyclic) bond motifs is 1. The van der Waals surface area contributed by atoms with Gasteiger partial charge in [0.25, 0.3) is 5.91 Å². The molecule has 1 aliphatic carbocycles. The predicted octanol–water partition coefficient (Wildman–Crippen LogP) is 4.03. The van der Waals surface area contributed by atoms with Crippen LogP contribution in [-0.4, -0.2) is 17.7 Å². The van der Waals surface area contributed by atoms with Gasteiger partial charge in [-0.15, -0.1) is 0 Å². The van der Waals surface area contributed by atoms with E-state index in [1.54, 1.807) is 6.07 Å². The number of nitrogens with two attached hydrogens (primary N) is 1. The first-order chi connectivity index (χ1) is 14.5. The van der Waals surface area contributed by atoms with Crippen LogP contribution >= 0.6 is 0 Å². The molecule has 0 spiro atoms. The van der Waals surface area contributed by atoms with E-state index < -0.39 is 5.41 Å². The summed E-state index contributed by atoms with van der Waals surface area (Å²) in [6, 6.07) is 17.7. The second-order valence-corrected chi connectivity index (χ2v) is 8.00. The summed E-state index contributed by atoms with van der Waals surface area (Å²) in [7, 11) is 0. The molecule has 6 heteroatoms. The molecule has 2 N–H and O–H groups in total. The fraction of sp³-hybridized carbons (Fsp3) is 0.250. The first-order valence-corrected chi connectivity index (χ1v) is 10.0. The van der Waals surface area contributed by atoms with Crippen LogP contribution < -0.4 is 20.3 Å². The van der Waals surface area contributed by atoms with E-state index in [1.165, 1.54) is 10.6 Å². The van der Waals surface area contributed by atoms with Crippen molar-refractivity contribution in [2.24, 2.45) is 5.84 Å². The average Bonchev–Trinajstić information content (AvgIpc) is 3.43. The second kappa shape index (κ2) is 6.85. The van der Waals surface area contributed by atoms with Gasteiger partial charge in [0.2, 0.25) is 6.79 Å². The molecule has 30 heavy (non-hydrogen) atoms. The van der Waals surface area contributed by atoms with Crippen molar-refractivity contribution in [3.8, 4) is 22.6 Å². The molecule has 3 aromatic rings. The van der Waals surface area contributed by atoms with Gasteiger partial charge in [0.1, 0.15) is 5.82 Å². The standard InChI is InChI=1S/C24H23N3O3/c1-15-4-3-5-17(12-15)19-7-9-22(26-16(19)2)27(25)23(28)24(10-11-24)18-6-8-20-21(13-18)30-14-29-20/h3-9,12-13H,10-11,14,25H2,1-2H3. The van der Waals surface area contributed by atoms with Gasteiger partial charge < -0.3 is 9.47 Å². The van der Waals surface area contributed by atoms with Crippen LogP contribution in [-0.2, 0) is 10.2 Å². The van der Waals surface area contributed by atoms with Crippen LogP contribution in [0.5, 0.6) is 11.5 Å². The third-order valence-corrected chi connectivity index (χ3v) is 5.95. The fourth-order valence-corrected chi connectivity index (χ4v) is 4.08. The molecule has 5 rings (SSSR count). The van der Waals surface area contributed by atoms with Gasteiger partial charge in [-0.2, -0.15) is 0 Å². The zero-order valence-corrected chi connectivity index (χ0v) is 17.0. The Hall–Kier alpha value is -3.38. The van der Waals surface area contributed by atoms with E-state index in [4.69, 9.17) is 15.3 Å². The summed E-state index contributed by atoms with van der Waals surface area (Å²) in [5, 5.41) is 1.19. The average molecular weight is 401 g/mol. The Bertz CT molecular complexity index is 1150. The highest BCUT2D eigenvalue weighted by atomic mass is 16.7. The molecule has 2 aromatic carbocycles. The van der Waals surface area contributed by atoms with E-state index in [-0.39, 0.29) is 12.7 Å². The zero-order chi connectivity index (χ0) is 20.9. The SMILES string of the molecule is Cc1cccc(-c2ccc(N(N)C(=O)C3(c4ccc5c(c4)OCO5)CC3)nc2C)c1. The van der Waals surface area contributed by atoms with Gasteiger partial charge in [0.05, 0.1) is 5.41 Å². The molecule has 1 aliphatic heterocycles. The molecule has 1 amide bonds. The number of benzene rings is 2. The van der Waals surface area contributed by atoms with Gasteiger partial charge in [-0.25, -0.2) is 15.8 Å². The Morgan fingerprint density at radius 3 is 2.57 bits per heavy atom. The van der Waals surface area contributed by atoms with E-state index in [2.05, 4.69) is 30.1 Å². The third-order valence-electron chi connectivity index (χ3n) is 5.95. The molecule has 152 valence electrons. The smallest absolute Gasteiger partial charge is 0.253 e. The molecule has 0 radical (unpaired) electrons. The first-order valence-electron chi connectivity index (χ1n) is 10.0. The monoisotopic (exact) mass is 401 g/mol. The van der Waals surface area contributed by atoms with Crippen molar-refractivity contribution in [2.45, 2.75) is 32.1 Å². The number of ether oxygens (including phenoxy) is 2. The Kier molecular flexibility index (Phi) is 4.25. The molecule has 0 unspecified atom stereocenters. The number of carbonyl (C=O) groups is 1. The zero-order valence-electron chi connectivity index (χ0n) is 17.0. The van der Waals surface area contributed by atoms with Crippen LogP contribution in [0.15, 0.2) is 54.6 Å². The molecule has 1 aromatic heterocycles. The minimum absolute atomic E-state index is 0.156. The van der Waals surface area contributed by atoms with Crippen molar-refractivity contribution in [3.05, 3.63) is 71.4 Å². The van der Waals surface area contributed by atoms with Gasteiger partial charge in [-0.3, -0.25) is 4.79 Å². The van der Waals surface area contributed by atoms with Gasteiger partial charge >= 0.3 is 0 Å². The van der Waals surface area contributed by atoms with Crippen molar-refractivity contribution >= 4 is 11.7 Å². The normalized spacial score (nSPS) is 15.7. The molecule has 1 fully saturated rings. The van der Waals surface area contributed by atoms with E-state index in [0.29, 0.717) is 17.3 Å². The maximum atomic E-state index is 13.3. The number of carbonyl (C=O) groups excluding carboxylic acids is 1. The van der Waals surface area contributed by atoms with Crippen molar-refractivity contribution in [3.63, 3.8) is 0 Å². The summed E-state index contributed by atoms with van der Waals surface area (Å²) in [6.07, 6.45) is 1.50. The summed E-state index contributed by atoms with van der Waals surface area (Å²) >= 11 is 0. The highest BCUT2D eigenvalue weighted by Gasteiger charge is 2.53. The number of amides is 1. The highest BCUT2D eigenvalue weighted by Crippen LogP contribution is 2.51. The lowest BCUT2D eigenvalue weighted by atomic mass is 9.94. The van der Waals surface area contributed by atoms with Crippen LogP contribution in [0, 0.1) is 13.8 Å². The number of aromatic nitrogens is 1. The van der Waals surface area contributed by atoms with Crippen molar-refractivity contribution in [1.29, 1.82) is 0 Å². The minimum Gasteiger partial charge on any atom is -0.454 e. The maximum absolute atomic E-state index is 13.3. The number of hydrazine groups is 1. The molecule has 0 atom stereocenters. The number of rotatable bonds is 4. The quantitative estimate of drug-likeness (QED) is 0.406. The van der Waals surface area contributed by atoms with Crippen LogP contribution in [0.25, 0.3) is 11.1 Å². The molecular weight excluding hydrogens is 378 g/mol. The first kappa shape index (κ1) is 18.6. The van der Waals surface area contributed by atoms with Gasteiger partial charge in [-0.05, 0) is 62.1 Å². The molecule has 1 saturated carbocycles. The Morgan fingerprint density at radius 2 is 1.83 bits per heavy atom. The lowest BCUT2D eigenvalue weighted by Crippen LogP contribution is -2.45. The van der Waals surface area contributed by atoms with Gasteiger partial charge in [-0.1, -0.05) is 35.9 Å². The Morgan fingerprint density at radius 1 is 1.03 bits per heavy atom. The van der Waals surface area contributed by atoms with Gasteiger partial charge in [0, 0.05) is 11.3 Å². The number of hydrogen-bond donors (Lipinski definition) is 1. The lowest BCUT2D eigenvalue weighted by Gasteiger charge is -2.23. The van der Waals surface area contributed by atoms with E-state index in [9.17, 15) is 4.79 Å². The number of pyridine rings is 1. The minimum atomic E-state index is -0.624. The van der Waals surface area contributed by atoms with E-state index >= 15 is 0 Å². The largest absolute Gasteiger partial charge is 0.454 e. The lowest BCUT2D eigenvalue weighted by molar-refractivity contribution is -0.121. The fourth-order valence-electron chi connectivity index (χ4n) is 4.08. The van der Waals surface area contributed by atoms with Crippen molar-refractivity contribution < 1.29 is 14.3 Å². The van der Waals surface area contributed by atoms with Crippen molar-refractivity contribution in [2.75, 3.05) is 11.8 Å². The third kappa shape index (κ3) is 3.00. The van der Waals surface area contributed by atoms with Crippen LogP contribution in [0.1, 0.15) is 29.7 Å². The van der Waals surface area contributed by atoms with E-state index in [0.717, 1.165) is 35.2 Å². The van der Waals surface area contributed by atoms with Crippen LogP contribution in [0.4, 0.5) is 5.82 Å². The second-order valence-electron chi connectivity index (χ2n) is 8.00. The summed E-state index contributed by atoms with van der Waals surface area (Å²) < 4.78 is 10.9. The number of hydrogen-bond acceptors (Lipinski definition) is 5. The predicted molar refractivity (Wildman–Crippen MR) is 114 cm³/mol. The number of nitrogens with zero attached hydrogens (tertiary/aromatic N) is 2. The topological polar surface area (TPSA) is 77.7 Å². The summed E-state index contributed by atoms with van der Waals surface area (Å²) in [5.41, 5.74) is 4.42. The summed E-state index contributed by atoms with van der Waals surface area (Å²) in [6.45, 7) is 4.20. The highest BCUT2D eigenvalue weighted by molar-refractivity contribution is 6.02. The molecule has 2 heterocycles. The number of aryl methyl sites for hydroxylation is 2. The van der Waals surface area contributed by atoms with Gasteiger partial charge in [0.15, 0.2) is 11.5 Å². The Balaban J connectivity index is 1.42. The maximum Gasteiger partial charge on any atom is 0.253 e. The summed E-state index contributed by atoms with van der Waals surface area (Å²) in [4.78, 5) is 18.0. The molecular formula is C24H23N3O3. The van der Waals surface area contributed by atoms with Crippen molar-refractivity contribution in [1.82, 2.24) is 4.98 Å². The number of anilines is 1. The molecule has 6 nitrogen and oxygen atoms in total. The van der Waals surface area contributed by atoms with Crippen LogP contribution in [0.2, 0.25) is 0 Å². The summed E-state index contributed by atoms with van der Waals surface area (Å²) in [5.74, 6) is 7.93. The molecule has 2 aliphatic rings. The molecule has 0 bridgehead atoms. The Labute approximate surface area is 175 Å². The van der Waals surface area contributed by atoms with Crippen LogP contribution in [0.3, 0.4) is 0 Å². The molecule has 0 saturated heterocycles. The van der Waals surface area contributed by atoms with E-state index in [1.807, 2.05) is 37.3 Å².